The summed E-state index contributed by atoms with van der Waals surface area (Å²) in [6, 6.07) is 4.58. The Kier molecular flexibility index (Phi) is 5.25. The number of amides is 1. The molecule has 0 radical (unpaired) electrons. The molecule has 0 aliphatic carbocycles. The molecule has 27 heavy (non-hydrogen) atoms. The van der Waals surface area contributed by atoms with Crippen molar-refractivity contribution in [2.45, 2.75) is 19.9 Å². The number of aryl methyl sites for hydroxylation is 1. The van der Waals surface area contributed by atoms with Gasteiger partial charge in [0.2, 0.25) is 5.91 Å². The zero-order valence-corrected chi connectivity index (χ0v) is 15.7. The van der Waals surface area contributed by atoms with Crippen molar-refractivity contribution < 1.29 is 9.18 Å². The summed E-state index contributed by atoms with van der Waals surface area (Å²) in [4.78, 5) is 17.5. The molecule has 0 spiro atoms. The smallest absolute Gasteiger partial charge is 0.219 e. The second-order valence-electron chi connectivity index (χ2n) is 6.45. The molecule has 0 unspecified atom stereocenters. The monoisotopic (exact) mass is 370 g/mol. The molecular weight excluding hydrogens is 347 g/mol. The molecule has 1 aromatic carbocycles. The molecule has 0 bridgehead atoms. The van der Waals surface area contributed by atoms with Gasteiger partial charge >= 0.3 is 0 Å². The maximum atomic E-state index is 14.1. The van der Waals surface area contributed by atoms with E-state index in [-0.39, 0.29) is 5.91 Å². The summed E-state index contributed by atoms with van der Waals surface area (Å²) in [7, 11) is 3.50. The summed E-state index contributed by atoms with van der Waals surface area (Å²) in [6.45, 7) is 2.72. The molecule has 2 aromatic rings. The number of allylic oxidation sites excluding steroid dienone is 1. The summed E-state index contributed by atoms with van der Waals surface area (Å²) in [5.74, 6) is 0.256. The van der Waals surface area contributed by atoms with Gasteiger partial charge in [0.25, 0.3) is 0 Å². The van der Waals surface area contributed by atoms with Crippen LogP contribution in [0.4, 0.5) is 15.9 Å². The van der Waals surface area contributed by atoms with Crippen LogP contribution in [0.3, 0.4) is 0 Å². The van der Waals surface area contributed by atoms with Crippen molar-refractivity contribution in [2.24, 2.45) is 17.8 Å². The molecule has 1 amide bonds. The fourth-order valence-corrected chi connectivity index (χ4v) is 3.28. The quantitative estimate of drug-likeness (QED) is 0.808. The van der Waals surface area contributed by atoms with Crippen molar-refractivity contribution in [3.63, 3.8) is 0 Å². The molecule has 7 nitrogen and oxygen atoms in total. The molecule has 1 aliphatic rings. The van der Waals surface area contributed by atoms with Gasteiger partial charge in [-0.15, -0.1) is 0 Å². The van der Waals surface area contributed by atoms with Gasteiger partial charge in [-0.25, -0.2) is 4.39 Å². The minimum Gasteiger partial charge on any atom is -0.404 e. The number of nitrogens with zero attached hydrogens (tertiary/aromatic N) is 4. The van der Waals surface area contributed by atoms with Crippen molar-refractivity contribution in [1.29, 1.82) is 0 Å². The number of fused-ring (bicyclic) bond motifs is 1. The van der Waals surface area contributed by atoms with E-state index in [9.17, 15) is 9.18 Å². The number of nitrogens with two attached hydrogens (primary N) is 1. The Balaban J connectivity index is 1.95. The molecular formula is C19H23FN6O. The summed E-state index contributed by atoms with van der Waals surface area (Å²) in [6.07, 6.45) is 3.70. The largest absolute Gasteiger partial charge is 0.404 e. The highest BCUT2D eigenvalue weighted by Gasteiger charge is 2.25. The van der Waals surface area contributed by atoms with E-state index in [2.05, 4.69) is 15.4 Å². The number of nitrogens with one attached hydrogen (secondary N) is 1. The van der Waals surface area contributed by atoms with Crippen molar-refractivity contribution in [3.05, 3.63) is 47.0 Å². The zero-order chi connectivity index (χ0) is 19.6. The minimum absolute atomic E-state index is 0.0278. The molecule has 142 valence electrons. The summed E-state index contributed by atoms with van der Waals surface area (Å²) in [5, 5.41) is 7.71. The summed E-state index contributed by atoms with van der Waals surface area (Å²) < 4.78 is 16.0. The second kappa shape index (κ2) is 7.61. The van der Waals surface area contributed by atoms with Gasteiger partial charge in [0, 0.05) is 68.9 Å². The highest BCUT2D eigenvalue weighted by molar-refractivity contribution is 6.09. The lowest BCUT2D eigenvalue weighted by molar-refractivity contribution is -0.129. The normalized spacial score (nSPS) is 14.5. The molecule has 1 aromatic heterocycles. The fraction of sp³-hybridized carbons (Fsp3) is 0.316. The van der Waals surface area contributed by atoms with Crippen LogP contribution in [0, 0.1) is 5.82 Å². The molecule has 3 rings (SSSR count). The summed E-state index contributed by atoms with van der Waals surface area (Å²) in [5.41, 5.74) is 9.44. The number of carbonyl (C=O) groups is 1. The maximum Gasteiger partial charge on any atom is 0.219 e. The van der Waals surface area contributed by atoms with Crippen molar-refractivity contribution in [1.82, 2.24) is 14.7 Å². The molecule has 1 aliphatic heterocycles. The van der Waals surface area contributed by atoms with Gasteiger partial charge in [-0.3, -0.25) is 14.5 Å². The van der Waals surface area contributed by atoms with Crippen molar-refractivity contribution >= 4 is 29.2 Å². The topological polar surface area (TPSA) is 88.5 Å². The molecule has 8 heteroatoms. The first-order chi connectivity index (χ1) is 12.9. The van der Waals surface area contributed by atoms with Crippen LogP contribution in [0.15, 0.2) is 29.4 Å². The Morgan fingerprint density at radius 2 is 2.19 bits per heavy atom. The Morgan fingerprint density at radius 1 is 1.41 bits per heavy atom. The third kappa shape index (κ3) is 3.84. The second-order valence-corrected chi connectivity index (χ2v) is 6.45. The van der Waals surface area contributed by atoms with E-state index in [4.69, 9.17) is 5.73 Å². The number of benzene rings is 1. The number of aromatic nitrogens is 2. The van der Waals surface area contributed by atoms with Crippen LogP contribution in [0.5, 0.6) is 0 Å². The van der Waals surface area contributed by atoms with Crippen LogP contribution in [-0.2, 0) is 24.8 Å². The van der Waals surface area contributed by atoms with Gasteiger partial charge in [-0.05, 0) is 23.8 Å². The predicted octanol–water partition coefficient (Wildman–Crippen LogP) is 2.21. The lowest BCUT2D eigenvalue weighted by Crippen LogP contribution is -2.34. The molecule has 2 heterocycles. The molecule has 0 saturated carbocycles. The van der Waals surface area contributed by atoms with Crippen LogP contribution in [-0.4, -0.2) is 40.4 Å². The first-order valence-electron chi connectivity index (χ1n) is 8.65. The third-order valence-corrected chi connectivity index (χ3v) is 4.63. The van der Waals surface area contributed by atoms with Gasteiger partial charge in [0.15, 0.2) is 5.82 Å². The number of carbonyl (C=O) groups excluding carboxylic acids is 1. The van der Waals surface area contributed by atoms with E-state index in [0.717, 1.165) is 17.7 Å². The van der Waals surface area contributed by atoms with E-state index >= 15 is 0 Å². The van der Waals surface area contributed by atoms with Crippen molar-refractivity contribution in [3.8, 4) is 0 Å². The maximum absolute atomic E-state index is 14.1. The number of halogens is 1. The van der Waals surface area contributed by atoms with Gasteiger partial charge in [0.1, 0.15) is 5.82 Å². The standard InChI is InChI=1S/C19H23FN6O/c1-12(27)26-5-4-18-17(11-26)19(24-25(18)3)23-16-7-13(6-15(20)8-16)14(9-21)10-22-2/h6-10H,4-5,11,21H2,1-3H3,(H,23,24). The average Bonchev–Trinajstić information content (AvgIpc) is 2.94. The highest BCUT2D eigenvalue weighted by atomic mass is 19.1. The van der Waals surface area contributed by atoms with Crippen molar-refractivity contribution in [2.75, 3.05) is 18.9 Å². The molecule has 3 N–H and O–H groups in total. The molecule has 0 fully saturated rings. The first-order valence-corrected chi connectivity index (χ1v) is 8.65. The van der Waals surface area contributed by atoms with E-state index < -0.39 is 5.82 Å². The van der Waals surface area contributed by atoms with E-state index in [1.165, 1.54) is 18.3 Å². The Morgan fingerprint density at radius 3 is 2.85 bits per heavy atom. The Labute approximate surface area is 157 Å². The van der Waals surface area contributed by atoms with Gasteiger partial charge in [-0.1, -0.05) is 0 Å². The van der Waals surface area contributed by atoms with Crippen LogP contribution in [0.1, 0.15) is 23.7 Å². The molecule has 0 saturated heterocycles. The average molecular weight is 370 g/mol. The Bertz CT molecular complexity index is 931. The number of rotatable bonds is 4. The number of aliphatic imine (C=N–C) groups is 1. The van der Waals surface area contributed by atoms with Gasteiger partial charge in [0.05, 0.1) is 6.54 Å². The number of hydrogen-bond donors (Lipinski definition) is 2. The van der Waals surface area contributed by atoms with E-state index in [0.29, 0.717) is 35.7 Å². The number of anilines is 2. The lowest BCUT2D eigenvalue weighted by atomic mass is 10.1. The number of hydrogen-bond acceptors (Lipinski definition) is 5. The zero-order valence-electron chi connectivity index (χ0n) is 15.7. The predicted molar refractivity (Wildman–Crippen MR) is 104 cm³/mol. The van der Waals surface area contributed by atoms with Gasteiger partial charge in [-0.2, -0.15) is 5.10 Å². The minimum atomic E-state index is -0.394. The SMILES string of the molecule is CN=CC(=CN)c1cc(F)cc(Nc2nn(C)c3c2CN(C(C)=O)CC3)c1. The first kappa shape index (κ1) is 18.6. The van der Waals surface area contributed by atoms with Gasteiger partial charge < -0.3 is 16.0 Å². The summed E-state index contributed by atoms with van der Waals surface area (Å²) >= 11 is 0. The highest BCUT2D eigenvalue weighted by Crippen LogP contribution is 2.29. The fourth-order valence-electron chi connectivity index (χ4n) is 3.28. The van der Waals surface area contributed by atoms with E-state index in [1.54, 1.807) is 31.2 Å². The van der Waals surface area contributed by atoms with Crippen LogP contribution >= 0.6 is 0 Å². The van der Waals surface area contributed by atoms with Crippen LogP contribution in [0.25, 0.3) is 5.57 Å². The molecule has 0 atom stereocenters. The lowest BCUT2D eigenvalue weighted by Gasteiger charge is -2.26. The Hall–Kier alpha value is -3.16. The third-order valence-electron chi connectivity index (χ3n) is 4.63. The van der Waals surface area contributed by atoms with E-state index in [1.807, 2.05) is 11.7 Å². The van der Waals surface area contributed by atoms with Crippen LogP contribution < -0.4 is 11.1 Å². The van der Waals surface area contributed by atoms with Crippen LogP contribution in [0.2, 0.25) is 0 Å².